The molecule has 4 aliphatic rings. The highest BCUT2D eigenvalue weighted by Crippen LogP contribution is 2.52. The fraction of sp³-hybridized carbons (Fsp3) is 0.522. The lowest BCUT2D eigenvalue weighted by Crippen LogP contribution is -2.34. The zero-order chi connectivity index (χ0) is 20.0. The molecule has 2 amide bonds. The number of aryl methyl sites for hydroxylation is 1. The van der Waals surface area contributed by atoms with Gasteiger partial charge in [0, 0.05) is 18.8 Å². The number of carbonyl (C=O) groups excluding carboxylic acids is 2. The monoisotopic (exact) mass is 520 g/mol. The second kappa shape index (κ2) is 8.69. The standard InChI is InChI=1S/C23H28N4O2.HI/c24-23(26-18-8-3-6-14-5-1-2-7-17(14)18)25-11-4-12-27-21(28)19-15-9-10-16(13-15)20(19)22(27)29;/h3,6,8-10,15-16,19-20H,1-2,4-5,7,11-13H2,(H3,24,25,26);1H. The first-order valence-corrected chi connectivity index (χ1v) is 10.8. The minimum absolute atomic E-state index is 0. The molecule has 160 valence electrons. The summed E-state index contributed by atoms with van der Waals surface area (Å²) in [6.45, 7) is 0.924. The van der Waals surface area contributed by atoms with Crippen molar-refractivity contribution in [2.45, 2.75) is 38.5 Å². The van der Waals surface area contributed by atoms with Gasteiger partial charge in [0.05, 0.1) is 11.8 Å². The SMILES string of the molecule is I.NC(=NCCCN1C(=O)C2C3C=CC(C3)C2C1=O)Nc1cccc2c1CCCC2. The number of halogens is 1. The Morgan fingerprint density at radius 3 is 2.53 bits per heavy atom. The topological polar surface area (TPSA) is 87.8 Å². The highest BCUT2D eigenvalue weighted by molar-refractivity contribution is 14.0. The summed E-state index contributed by atoms with van der Waals surface area (Å²) in [6, 6.07) is 6.30. The number of anilines is 1. The van der Waals surface area contributed by atoms with Crippen LogP contribution in [0, 0.1) is 23.7 Å². The van der Waals surface area contributed by atoms with Gasteiger partial charge in [0.25, 0.3) is 0 Å². The van der Waals surface area contributed by atoms with Crippen LogP contribution in [0.3, 0.4) is 0 Å². The van der Waals surface area contributed by atoms with Crippen molar-refractivity contribution in [3.05, 3.63) is 41.5 Å². The van der Waals surface area contributed by atoms with Crippen LogP contribution in [0.25, 0.3) is 0 Å². The van der Waals surface area contributed by atoms with Crippen LogP contribution in [-0.2, 0) is 22.4 Å². The summed E-state index contributed by atoms with van der Waals surface area (Å²) in [5.74, 6) is 0.726. The molecule has 1 saturated carbocycles. The molecule has 0 aromatic heterocycles. The van der Waals surface area contributed by atoms with E-state index in [1.807, 2.05) is 0 Å². The molecule has 4 unspecified atom stereocenters. The van der Waals surface area contributed by atoms with E-state index in [2.05, 4.69) is 40.7 Å². The number of allylic oxidation sites excluding steroid dienone is 2. The number of guanidine groups is 1. The van der Waals surface area contributed by atoms with Crippen LogP contribution in [0.2, 0.25) is 0 Å². The first kappa shape index (κ1) is 21.3. The van der Waals surface area contributed by atoms with Crippen molar-refractivity contribution < 1.29 is 9.59 Å². The van der Waals surface area contributed by atoms with Crippen molar-refractivity contribution in [2.24, 2.45) is 34.4 Å². The molecule has 2 bridgehead atoms. The van der Waals surface area contributed by atoms with Crippen molar-refractivity contribution in [3.8, 4) is 0 Å². The van der Waals surface area contributed by atoms with Crippen LogP contribution in [-0.4, -0.2) is 35.8 Å². The quantitative estimate of drug-likeness (QED) is 0.156. The van der Waals surface area contributed by atoms with Crippen LogP contribution >= 0.6 is 24.0 Å². The van der Waals surface area contributed by atoms with Crippen molar-refractivity contribution >= 4 is 47.4 Å². The number of benzene rings is 1. The van der Waals surface area contributed by atoms with E-state index >= 15 is 0 Å². The zero-order valence-corrected chi connectivity index (χ0v) is 19.4. The number of nitrogens with two attached hydrogens (primary N) is 1. The Hall–Kier alpha value is -1.90. The molecule has 2 fully saturated rings. The highest BCUT2D eigenvalue weighted by Gasteiger charge is 2.58. The normalized spacial score (nSPS) is 29.1. The minimum atomic E-state index is -0.114. The molecule has 1 heterocycles. The molecule has 5 rings (SSSR count). The van der Waals surface area contributed by atoms with Crippen molar-refractivity contribution in [3.63, 3.8) is 0 Å². The van der Waals surface area contributed by atoms with Gasteiger partial charge in [0.15, 0.2) is 5.96 Å². The smallest absolute Gasteiger partial charge is 0.233 e. The average molecular weight is 520 g/mol. The maximum Gasteiger partial charge on any atom is 0.233 e. The summed E-state index contributed by atoms with van der Waals surface area (Å²) in [6.07, 6.45) is 10.5. The van der Waals surface area contributed by atoms with Crippen LogP contribution < -0.4 is 11.1 Å². The first-order valence-electron chi connectivity index (χ1n) is 10.8. The van der Waals surface area contributed by atoms with E-state index in [-0.39, 0.29) is 59.5 Å². The number of rotatable bonds is 5. The predicted octanol–water partition coefficient (Wildman–Crippen LogP) is 3.11. The van der Waals surface area contributed by atoms with Gasteiger partial charge in [-0.2, -0.15) is 0 Å². The van der Waals surface area contributed by atoms with E-state index in [1.165, 1.54) is 28.9 Å². The lowest BCUT2D eigenvalue weighted by atomic mass is 9.85. The number of hydrogen-bond donors (Lipinski definition) is 2. The Labute approximate surface area is 194 Å². The van der Waals surface area contributed by atoms with Gasteiger partial charge in [-0.05, 0) is 67.6 Å². The summed E-state index contributed by atoms with van der Waals surface area (Å²) >= 11 is 0. The van der Waals surface area contributed by atoms with Crippen molar-refractivity contribution in [1.29, 1.82) is 0 Å². The number of amides is 2. The van der Waals surface area contributed by atoms with Crippen molar-refractivity contribution in [1.82, 2.24) is 4.90 Å². The van der Waals surface area contributed by atoms with Crippen LogP contribution in [0.15, 0.2) is 35.3 Å². The van der Waals surface area contributed by atoms with Gasteiger partial charge in [-0.3, -0.25) is 19.5 Å². The Kier molecular flexibility index (Phi) is 6.18. The summed E-state index contributed by atoms with van der Waals surface area (Å²) < 4.78 is 0. The molecule has 0 spiro atoms. The van der Waals surface area contributed by atoms with Gasteiger partial charge < -0.3 is 11.1 Å². The molecule has 1 aliphatic heterocycles. The second-order valence-corrected chi connectivity index (χ2v) is 8.72. The lowest BCUT2D eigenvalue weighted by molar-refractivity contribution is -0.140. The Bertz CT molecular complexity index is 882. The highest BCUT2D eigenvalue weighted by atomic mass is 127. The number of carbonyl (C=O) groups is 2. The summed E-state index contributed by atoms with van der Waals surface area (Å²) in [5, 5.41) is 3.24. The van der Waals surface area contributed by atoms with Gasteiger partial charge >= 0.3 is 0 Å². The summed E-state index contributed by atoms with van der Waals surface area (Å²) in [7, 11) is 0. The molecule has 4 atom stereocenters. The zero-order valence-electron chi connectivity index (χ0n) is 17.0. The number of fused-ring (bicyclic) bond motifs is 6. The third kappa shape index (κ3) is 3.65. The number of imide groups is 1. The average Bonchev–Trinajstić information content (AvgIpc) is 3.41. The van der Waals surface area contributed by atoms with Gasteiger partial charge in [-0.1, -0.05) is 24.3 Å². The minimum Gasteiger partial charge on any atom is -0.370 e. The van der Waals surface area contributed by atoms with E-state index in [1.54, 1.807) is 0 Å². The summed E-state index contributed by atoms with van der Waals surface area (Å²) in [4.78, 5) is 31.3. The third-order valence-electron chi connectivity index (χ3n) is 7.04. The maximum absolute atomic E-state index is 12.7. The fourth-order valence-corrected chi connectivity index (χ4v) is 5.69. The molecular weight excluding hydrogens is 491 g/mol. The molecule has 1 aromatic carbocycles. The van der Waals surface area contributed by atoms with Gasteiger partial charge in [-0.25, -0.2) is 0 Å². The molecule has 3 aliphatic carbocycles. The van der Waals surface area contributed by atoms with E-state index < -0.39 is 0 Å². The molecule has 1 saturated heterocycles. The lowest BCUT2D eigenvalue weighted by Gasteiger charge is -2.20. The van der Waals surface area contributed by atoms with E-state index in [0.29, 0.717) is 25.5 Å². The molecule has 3 N–H and O–H groups in total. The Morgan fingerprint density at radius 1 is 1.10 bits per heavy atom. The maximum atomic E-state index is 12.7. The van der Waals surface area contributed by atoms with Crippen molar-refractivity contribution in [2.75, 3.05) is 18.4 Å². The molecular formula is C23H29IN4O2. The number of hydrogen-bond acceptors (Lipinski definition) is 3. The Balaban J connectivity index is 0.00000218. The fourth-order valence-electron chi connectivity index (χ4n) is 5.69. The second-order valence-electron chi connectivity index (χ2n) is 8.72. The van der Waals surface area contributed by atoms with Crippen LogP contribution in [0.1, 0.15) is 36.8 Å². The summed E-state index contributed by atoms with van der Waals surface area (Å²) in [5.41, 5.74) is 9.88. The molecule has 7 heteroatoms. The van der Waals surface area contributed by atoms with E-state index in [4.69, 9.17) is 5.73 Å². The molecule has 1 aromatic rings. The molecule has 6 nitrogen and oxygen atoms in total. The third-order valence-corrected chi connectivity index (χ3v) is 7.04. The van der Waals surface area contributed by atoms with Gasteiger partial charge in [-0.15, -0.1) is 24.0 Å². The van der Waals surface area contributed by atoms with E-state index in [9.17, 15) is 9.59 Å². The van der Waals surface area contributed by atoms with Crippen LogP contribution in [0.5, 0.6) is 0 Å². The van der Waals surface area contributed by atoms with Crippen LogP contribution in [0.4, 0.5) is 5.69 Å². The predicted molar refractivity (Wildman–Crippen MR) is 128 cm³/mol. The number of likely N-dealkylation sites (tertiary alicyclic amines) is 1. The largest absolute Gasteiger partial charge is 0.370 e. The van der Waals surface area contributed by atoms with Gasteiger partial charge in [0.2, 0.25) is 11.8 Å². The Morgan fingerprint density at radius 2 is 1.80 bits per heavy atom. The first-order chi connectivity index (χ1) is 14.1. The number of nitrogens with zero attached hydrogens (tertiary/aromatic N) is 2. The van der Waals surface area contributed by atoms with Gasteiger partial charge in [0.1, 0.15) is 0 Å². The molecule has 0 radical (unpaired) electrons. The number of aliphatic imine (C=N–C) groups is 1. The molecule has 30 heavy (non-hydrogen) atoms. The number of nitrogens with one attached hydrogen (secondary N) is 1. The van der Waals surface area contributed by atoms with E-state index in [0.717, 1.165) is 24.9 Å².